The van der Waals surface area contributed by atoms with E-state index in [2.05, 4.69) is 15.5 Å². The van der Waals surface area contributed by atoms with Crippen LogP contribution in [0.3, 0.4) is 0 Å². The van der Waals surface area contributed by atoms with E-state index in [0.29, 0.717) is 22.2 Å². The Morgan fingerprint density at radius 2 is 1.88 bits per heavy atom. The fraction of sp³-hybridized carbons (Fsp3) is 0.118. The van der Waals surface area contributed by atoms with Gasteiger partial charge < -0.3 is 5.32 Å². The van der Waals surface area contributed by atoms with Crippen LogP contribution in [0.4, 0.5) is 0 Å². The predicted octanol–water partition coefficient (Wildman–Crippen LogP) is 3.58. The summed E-state index contributed by atoms with van der Waals surface area (Å²) in [5.41, 5.74) is 1.88. The van der Waals surface area contributed by atoms with Crippen molar-refractivity contribution < 1.29 is 4.79 Å². The fourth-order valence-corrected chi connectivity index (χ4v) is 2.60. The van der Waals surface area contributed by atoms with Crippen LogP contribution in [0.15, 0.2) is 54.6 Å². The molecule has 0 unspecified atom stereocenters. The van der Waals surface area contributed by atoms with E-state index in [4.69, 9.17) is 23.8 Å². The number of H-pyrrole nitrogens is 1. The second kappa shape index (κ2) is 7.42. The highest BCUT2D eigenvalue weighted by molar-refractivity contribution is 7.71. The molecular weight excluding hydrogens is 344 g/mol. The molecule has 1 heterocycles. The summed E-state index contributed by atoms with van der Waals surface area (Å²) in [7, 11) is 0. The first kappa shape index (κ1) is 16.4. The first-order valence-electron chi connectivity index (χ1n) is 7.35. The minimum Gasteiger partial charge on any atom is -0.350 e. The molecule has 5 nitrogen and oxygen atoms in total. The molecule has 1 amide bonds. The molecule has 0 saturated heterocycles. The van der Waals surface area contributed by atoms with Crippen molar-refractivity contribution in [3.63, 3.8) is 0 Å². The highest BCUT2D eigenvalue weighted by Gasteiger charge is 2.12. The lowest BCUT2D eigenvalue weighted by Crippen LogP contribution is -2.27. The van der Waals surface area contributed by atoms with Crippen molar-refractivity contribution in [2.24, 2.45) is 0 Å². The molecule has 0 fully saturated rings. The lowest BCUT2D eigenvalue weighted by Gasteiger charge is -2.08. The second-order valence-electron chi connectivity index (χ2n) is 5.21. The number of halogens is 1. The number of nitrogens with zero attached hydrogens (tertiary/aromatic N) is 2. The standard InChI is InChI=1S/C17H15ClN4OS/c18-14-8-6-13(7-9-14)16-20-21-17(24)22(16)11-15(23)19-10-12-4-2-1-3-5-12/h1-9H,10-11H2,(H,19,23)(H,21,24). The summed E-state index contributed by atoms with van der Waals surface area (Å²) in [5, 5.41) is 10.5. The highest BCUT2D eigenvalue weighted by atomic mass is 35.5. The van der Waals surface area contributed by atoms with Crippen LogP contribution < -0.4 is 5.32 Å². The molecule has 24 heavy (non-hydrogen) atoms. The van der Waals surface area contributed by atoms with Crippen molar-refractivity contribution in [2.75, 3.05) is 0 Å². The molecule has 0 bridgehead atoms. The Morgan fingerprint density at radius 1 is 1.17 bits per heavy atom. The SMILES string of the molecule is O=C(Cn1c(-c2ccc(Cl)cc2)n[nH]c1=S)NCc1ccccc1. The Kier molecular flexibility index (Phi) is 5.08. The summed E-state index contributed by atoms with van der Waals surface area (Å²) >= 11 is 11.1. The third kappa shape index (κ3) is 3.90. The Hall–Kier alpha value is -2.44. The summed E-state index contributed by atoms with van der Waals surface area (Å²) in [5.74, 6) is 0.470. The van der Waals surface area contributed by atoms with Gasteiger partial charge >= 0.3 is 0 Å². The van der Waals surface area contributed by atoms with Gasteiger partial charge in [0.25, 0.3) is 0 Å². The number of hydrogen-bond donors (Lipinski definition) is 2. The highest BCUT2D eigenvalue weighted by Crippen LogP contribution is 2.19. The van der Waals surface area contributed by atoms with Gasteiger partial charge in [-0.15, -0.1) is 0 Å². The lowest BCUT2D eigenvalue weighted by molar-refractivity contribution is -0.121. The number of carbonyl (C=O) groups is 1. The van der Waals surface area contributed by atoms with Gasteiger partial charge in [-0.05, 0) is 42.0 Å². The zero-order valence-corrected chi connectivity index (χ0v) is 14.3. The molecule has 0 radical (unpaired) electrons. The molecule has 7 heteroatoms. The van der Waals surface area contributed by atoms with Crippen LogP contribution in [0.1, 0.15) is 5.56 Å². The second-order valence-corrected chi connectivity index (χ2v) is 6.03. The number of aromatic amines is 1. The van der Waals surface area contributed by atoms with E-state index < -0.39 is 0 Å². The molecule has 2 aromatic carbocycles. The molecule has 0 spiro atoms. The van der Waals surface area contributed by atoms with Gasteiger partial charge in [0.05, 0.1) is 0 Å². The predicted molar refractivity (Wildman–Crippen MR) is 96.1 cm³/mol. The smallest absolute Gasteiger partial charge is 0.240 e. The Bertz CT molecular complexity index is 887. The van der Waals surface area contributed by atoms with E-state index in [9.17, 15) is 4.79 Å². The molecule has 3 rings (SSSR count). The zero-order chi connectivity index (χ0) is 16.9. The van der Waals surface area contributed by atoms with Crippen molar-refractivity contribution >= 4 is 29.7 Å². The topological polar surface area (TPSA) is 62.7 Å². The van der Waals surface area contributed by atoms with Crippen molar-refractivity contribution in [3.05, 3.63) is 70.0 Å². The Morgan fingerprint density at radius 3 is 2.58 bits per heavy atom. The Labute approximate surface area is 149 Å². The summed E-state index contributed by atoms with van der Waals surface area (Å²) in [6, 6.07) is 17.0. The third-order valence-corrected chi connectivity index (χ3v) is 4.06. The summed E-state index contributed by atoms with van der Waals surface area (Å²) < 4.78 is 2.06. The van der Waals surface area contributed by atoms with E-state index in [-0.39, 0.29) is 12.5 Å². The van der Waals surface area contributed by atoms with Crippen LogP contribution >= 0.6 is 23.8 Å². The molecule has 0 atom stereocenters. The number of hydrogen-bond acceptors (Lipinski definition) is 3. The van der Waals surface area contributed by atoms with Crippen molar-refractivity contribution in [1.82, 2.24) is 20.1 Å². The van der Waals surface area contributed by atoms with Gasteiger partial charge in [-0.2, -0.15) is 5.10 Å². The van der Waals surface area contributed by atoms with E-state index in [1.54, 1.807) is 16.7 Å². The van der Waals surface area contributed by atoms with Crippen LogP contribution in [0.2, 0.25) is 5.02 Å². The van der Waals surface area contributed by atoms with Crippen molar-refractivity contribution in [2.45, 2.75) is 13.1 Å². The maximum atomic E-state index is 12.2. The number of amides is 1. The number of benzene rings is 2. The van der Waals surface area contributed by atoms with Crippen LogP contribution in [0, 0.1) is 4.77 Å². The molecule has 122 valence electrons. The first-order valence-corrected chi connectivity index (χ1v) is 8.14. The van der Waals surface area contributed by atoms with Gasteiger partial charge in [-0.3, -0.25) is 14.5 Å². The third-order valence-electron chi connectivity index (χ3n) is 3.49. The van der Waals surface area contributed by atoms with Crippen molar-refractivity contribution in [1.29, 1.82) is 0 Å². The summed E-state index contributed by atoms with van der Waals surface area (Å²) in [6.07, 6.45) is 0. The van der Waals surface area contributed by atoms with Gasteiger partial charge in [0, 0.05) is 17.1 Å². The number of carbonyl (C=O) groups excluding carboxylic acids is 1. The minimum absolute atomic E-state index is 0.0973. The van der Waals surface area contributed by atoms with Crippen LogP contribution in [0.5, 0.6) is 0 Å². The van der Waals surface area contributed by atoms with Gasteiger partial charge in [-0.25, -0.2) is 0 Å². The molecular formula is C17H15ClN4OS. The molecule has 0 saturated carbocycles. The van der Waals surface area contributed by atoms with Crippen LogP contribution in [-0.4, -0.2) is 20.7 Å². The summed E-state index contributed by atoms with van der Waals surface area (Å²) in [6.45, 7) is 0.571. The van der Waals surface area contributed by atoms with Gasteiger partial charge in [-0.1, -0.05) is 41.9 Å². The van der Waals surface area contributed by atoms with Gasteiger partial charge in [0.1, 0.15) is 6.54 Å². The van der Waals surface area contributed by atoms with Gasteiger partial charge in [0.2, 0.25) is 5.91 Å². The van der Waals surface area contributed by atoms with Crippen LogP contribution in [0.25, 0.3) is 11.4 Å². The largest absolute Gasteiger partial charge is 0.350 e. The molecule has 1 aromatic heterocycles. The van der Waals surface area contributed by atoms with E-state index in [1.807, 2.05) is 42.5 Å². The van der Waals surface area contributed by atoms with Crippen molar-refractivity contribution in [3.8, 4) is 11.4 Å². The van der Waals surface area contributed by atoms with E-state index >= 15 is 0 Å². The normalized spacial score (nSPS) is 10.5. The average Bonchev–Trinajstić information content (AvgIpc) is 2.95. The Balaban J connectivity index is 1.73. The number of rotatable bonds is 5. The average molecular weight is 359 g/mol. The molecule has 0 aliphatic heterocycles. The zero-order valence-electron chi connectivity index (χ0n) is 12.7. The summed E-state index contributed by atoms with van der Waals surface area (Å²) in [4.78, 5) is 12.2. The van der Waals surface area contributed by atoms with Crippen LogP contribution in [-0.2, 0) is 17.9 Å². The number of aromatic nitrogens is 3. The van der Waals surface area contributed by atoms with E-state index in [1.165, 1.54) is 0 Å². The first-order chi connectivity index (χ1) is 11.6. The molecule has 2 N–H and O–H groups in total. The van der Waals surface area contributed by atoms with Gasteiger partial charge in [0.15, 0.2) is 10.6 Å². The maximum absolute atomic E-state index is 12.2. The number of nitrogens with one attached hydrogen (secondary N) is 2. The molecule has 0 aliphatic rings. The fourth-order valence-electron chi connectivity index (χ4n) is 2.28. The molecule has 0 aliphatic carbocycles. The molecule has 3 aromatic rings. The lowest BCUT2D eigenvalue weighted by atomic mass is 10.2. The minimum atomic E-state index is -0.133. The maximum Gasteiger partial charge on any atom is 0.240 e. The van der Waals surface area contributed by atoms with E-state index in [0.717, 1.165) is 11.1 Å². The monoisotopic (exact) mass is 358 g/mol. The quantitative estimate of drug-likeness (QED) is 0.685.